The molecule has 0 aromatic carbocycles. The summed E-state index contributed by atoms with van der Waals surface area (Å²) in [5.41, 5.74) is 2.17. The number of carbonyl (C=O) groups excluding carboxylic acids is 1. The third kappa shape index (κ3) is 2.84. The van der Waals surface area contributed by atoms with Gasteiger partial charge in [-0.3, -0.25) is 4.79 Å². The van der Waals surface area contributed by atoms with E-state index >= 15 is 0 Å². The maximum absolute atomic E-state index is 12.8. The molecule has 1 aliphatic rings. The molecule has 1 aliphatic carbocycles. The van der Waals surface area contributed by atoms with Gasteiger partial charge in [-0.1, -0.05) is 6.07 Å². The number of likely N-dealkylation sites (N-methyl/N-ethyl adjacent to an activating group) is 1. The maximum atomic E-state index is 12.8. The van der Waals surface area contributed by atoms with E-state index in [2.05, 4.69) is 4.98 Å². The summed E-state index contributed by atoms with van der Waals surface area (Å²) in [4.78, 5) is 18.8. The second kappa shape index (κ2) is 6.29. The van der Waals surface area contributed by atoms with Crippen molar-refractivity contribution >= 4 is 11.6 Å². The van der Waals surface area contributed by atoms with Crippen LogP contribution >= 0.6 is 0 Å². The Morgan fingerprint density at radius 1 is 1.43 bits per heavy atom. The molecule has 1 N–H and O–H groups in total. The van der Waals surface area contributed by atoms with Crippen LogP contribution in [0.4, 0.5) is 0 Å². The van der Waals surface area contributed by atoms with Crippen molar-refractivity contribution in [3.63, 3.8) is 0 Å². The van der Waals surface area contributed by atoms with E-state index in [1.54, 1.807) is 25.3 Å². The van der Waals surface area contributed by atoms with Crippen LogP contribution in [0.15, 0.2) is 24.4 Å². The number of fused-ring (bicyclic) bond motifs is 1. The smallest absolute Gasteiger partial charge is 0.274 e. The zero-order chi connectivity index (χ0) is 16.6. The number of ether oxygens (including phenoxy) is 1. The summed E-state index contributed by atoms with van der Waals surface area (Å²) in [6.07, 6.45) is 3.41. The summed E-state index contributed by atoms with van der Waals surface area (Å²) in [6, 6.07) is 5.53. The Labute approximate surface area is 135 Å². The highest BCUT2D eigenvalue weighted by atomic mass is 16.5. The average molecular weight is 317 g/mol. The van der Waals surface area contributed by atoms with E-state index in [1.807, 2.05) is 29.5 Å². The van der Waals surface area contributed by atoms with E-state index in [0.29, 0.717) is 5.69 Å². The van der Waals surface area contributed by atoms with Crippen LogP contribution < -0.4 is 0 Å². The summed E-state index contributed by atoms with van der Waals surface area (Å²) in [5, 5.41) is 10.4. The average Bonchev–Trinajstić information content (AvgIpc) is 2.99. The monoisotopic (exact) mass is 317 g/mol. The third-order valence-electron chi connectivity index (χ3n) is 4.80. The fourth-order valence-corrected chi connectivity index (χ4v) is 3.38. The molecule has 0 radical (unpaired) electrons. The summed E-state index contributed by atoms with van der Waals surface area (Å²) in [6.45, 7) is 1.97. The van der Waals surface area contributed by atoms with Gasteiger partial charge in [-0.05, 0) is 38.3 Å². The largest absolute Gasteiger partial charge is 0.388 e. The molecule has 0 saturated heterocycles. The Hall–Kier alpha value is -1.92. The highest BCUT2D eigenvalue weighted by Gasteiger charge is 2.36. The van der Waals surface area contributed by atoms with Crippen molar-refractivity contribution < 1.29 is 14.6 Å². The van der Waals surface area contributed by atoms with Gasteiger partial charge in [0.2, 0.25) is 0 Å². The summed E-state index contributed by atoms with van der Waals surface area (Å²) in [7, 11) is 3.33. The number of nitrogens with zero attached hydrogens (tertiary/aromatic N) is 3. The van der Waals surface area contributed by atoms with Gasteiger partial charge in [-0.15, -0.1) is 0 Å². The molecule has 2 aromatic heterocycles. The van der Waals surface area contributed by atoms with Gasteiger partial charge in [0.1, 0.15) is 17.4 Å². The molecular weight excluding hydrogens is 294 g/mol. The highest BCUT2D eigenvalue weighted by molar-refractivity contribution is 5.93. The molecule has 1 saturated carbocycles. The van der Waals surface area contributed by atoms with Crippen LogP contribution in [-0.2, 0) is 4.74 Å². The fourth-order valence-electron chi connectivity index (χ4n) is 3.38. The topological polar surface area (TPSA) is 67.1 Å². The number of amides is 1. The van der Waals surface area contributed by atoms with Gasteiger partial charge < -0.3 is 19.1 Å². The number of rotatable bonds is 3. The van der Waals surface area contributed by atoms with E-state index < -0.39 is 6.10 Å². The van der Waals surface area contributed by atoms with Crippen LogP contribution in [0.25, 0.3) is 5.65 Å². The number of aliphatic hydroxyl groups excluding tert-OH is 1. The molecule has 3 atom stereocenters. The standard InChI is InChI=1S/C17H23N3O3/c1-11-6-4-9-15-18-12(10-20(11)15)17(22)19(2)13-7-5-8-14(23-3)16(13)21/h4,6,9-10,13-14,16,21H,5,7-8H2,1-3H3/t13-,14-,16-/m1/s1. The lowest BCUT2D eigenvalue weighted by Crippen LogP contribution is -2.52. The number of hydrogen-bond acceptors (Lipinski definition) is 4. The Balaban J connectivity index is 1.84. The van der Waals surface area contributed by atoms with Gasteiger partial charge in [-0.25, -0.2) is 4.98 Å². The van der Waals surface area contributed by atoms with Gasteiger partial charge >= 0.3 is 0 Å². The molecule has 23 heavy (non-hydrogen) atoms. The zero-order valence-corrected chi connectivity index (χ0v) is 13.8. The first-order valence-corrected chi connectivity index (χ1v) is 7.95. The minimum atomic E-state index is -0.665. The molecule has 6 heteroatoms. The molecule has 2 aromatic rings. The number of aryl methyl sites for hydroxylation is 1. The third-order valence-corrected chi connectivity index (χ3v) is 4.80. The molecule has 1 fully saturated rings. The lowest BCUT2D eigenvalue weighted by Gasteiger charge is -2.38. The molecule has 124 valence electrons. The molecule has 6 nitrogen and oxygen atoms in total. The highest BCUT2D eigenvalue weighted by Crippen LogP contribution is 2.25. The van der Waals surface area contributed by atoms with Crippen molar-refractivity contribution in [3.05, 3.63) is 35.8 Å². The number of methoxy groups -OCH3 is 1. The Morgan fingerprint density at radius 3 is 2.91 bits per heavy atom. The van der Waals surface area contributed by atoms with Crippen molar-refractivity contribution in [2.75, 3.05) is 14.2 Å². The van der Waals surface area contributed by atoms with Gasteiger partial charge in [0.15, 0.2) is 0 Å². The molecule has 0 bridgehead atoms. The Morgan fingerprint density at radius 2 is 2.22 bits per heavy atom. The molecule has 3 rings (SSSR count). The van der Waals surface area contributed by atoms with Gasteiger partial charge in [0.25, 0.3) is 5.91 Å². The second-order valence-electron chi connectivity index (χ2n) is 6.20. The number of pyridine rings is 1. The van der Waals surface area contributed by atoms with E-state index in [1.165, 1.54) is 0 Å². The lowest BCUT2D eigenvalue weighted by atomic mass is 9.89. The van der Waals surface area contributed by atoms with E-state index in [4.69, 9.17) is 4.74 Å². The number of carbonyl (C=O) groups is 1. The van der Waals surface area contributed by atoms with E-state index in [-0.39, 0.29) is 18.1 Å². The maximum Gasteiger partial charge on any atom is 0.274 e. The normalized spacial score (nSPS) is 24.8. The van der Waals surface area contributed by atoms with Crippen LogP contribution in [0, 0.1) is 6.92 Å². The van der Waals surface area contributed by atoms with Crippen molar-refractivity contribution in [1.82, 2.24) is 14.3 Å². The minimum absolute atomic E-state index is 0.172. The van der Waals surface area contributed by atoms with Crippen LogP contribution in [0.5, 0.6) is 0 Å². The molecule has 1 amide bonds. The first-order valence-electron chi connectivity index (χ1n) is 7.95. The predicted octanol–water partition coefficient (Wildman–Crippen LogP) is 1.64. The SMILES string of the molecule is CO[C@@H]1CCC[C@@H](N(C)C(=O)c2cn3c(C)cccc3n2)[C@H]1O. The van der Waals surface area contributed by atoms with Gasteiger partial charge in [0, 0.05) is 26.0 Å². The van der Waals surface area contributed by atoms with Crippen molar-refractivity contribution in [3.8, 4) is 0 Å². The molecule has 0 spiro atoms. The Kier molecular flexibility index (Phi) is 4.37. The first-order chi connectivity index (χ1) is 11.0. The lowest BCUT2D eigenvalue weighted by molar-refractivity contribution is -0.0715. The summed E-state index contributed by atoms with van der Waals surface area (Å²) >= 11 is 0. The van der Waals surface area contributed by atoms with Crippen molar-refractivity contribution in [2.24, 2.45) is 0 Å². The van der Waals surface area contributed by atoms with Crippen molar-refractivity contribution in [1.29, 1.82) is 0 Å². The van der Waals surface area contributed by atoms with Crippen LogP contribution in [0.3, 0.4) is 0 Å². The molecule has 2 heterocycles. The molecule has 0 aliphatic heterocycles. The quantitative estimate of drug-likeness (QED) is 0.934. The Bertz CT molecular complexity index is 712. The van der Waals surface area contributed by atoms with Gasteiger partial charge in [0.05, 0.1) is 12.1 Å². The molecule has 0 unspecified atom stereocenters. The fraction of sp³-hybridized carbons (Fsp3) is 0.529. The number of imidazole rings is 1. The molecular formula is C17H23N3O3. The summed E-state index contributed by atoms with van der Waals surface area (Å²) < 4.78 is 7.22. The zero-order valence-electron chi connectivity index (χ0n) is 13.8. The van der Waals surface area contributed by atoms with Gasteiger partial charge in [-0.2, -0.15) is 0 Å². The van der Waals surface area contributed by atoms with E-state index in [0.717, 1.165) is 30.6 Å². The predicted molar refractivity (Wildman–Crippen MR) is 86.5 cm³/mol. The van der Waals surface area contributed by atoms with Crippen molar-refractivity contribution in [2.45, 2.75) is 44.4 Å². The first kappa shape index (κ1) is 16.0. The van der Waals surface area contributed by atoms with Crippen LogP contribution in [-0.4, -0.2) is 57.7 Å². The number of aromatic nitrogens is 2. The van der Waals surface area contributed by atoms with Crippen LogP contribution in [0.1, 0.15) is 35.4 Å². The number of hydrogen-bond donors (Lipinski definition) is 1. The van der Waals surface area contributed by atoms with E-state index in [9.17, 15) is 9.90 Å². The summed E-state index contributed by atoms with van der Waals surface area (Å²) in [5.74, 6) is -0.172. The van der Waals surface area contributed by atoms with Crippen LogP contribution in [0.2, 0.25) is 0 Å². The number of aliphatic hydroxyl groups is 1. The second-order valence-corrected chi connectivity index (χ2v) is 6.20. The minimum Gasteiger partial charge on any atom is -0.388 e.